The van der Waals surface area contributed by atoms with E-state index in [1.807, 2.05) is 4.90 Å². The maximum absolute atomic E-state index is 11.9. The summed E-state index contributed by atoms with van der Waals surface area (Å²) in [7, 11) is 0. The Morgan fingerprint density at radius 3 is 2.58 bits per heavy atom. The van der Waals surface area contributed by atoms with Gasteiger partial charge < -0.3 is 15.3 Å². The lowest BCUT2D eigenvalue weighted by molar-refractivity contribution is -0.143. The van der Waals surface area contributed by atoms with Crippen LogP contribution in [0.3, 0.4) is 0 Å². The first-order chi connectivity index (χ1) is 9.16. The first kappa shape index (κ1) is 14.3. The van der Waals surface area contributed by atoms with Crippen LogP contribution in [0.2, 0.25) is 0 Å². The average molecular weight is 268 g/mol. The highest BCUT2D eigenvalue weighted by Gasteiger charge is 2.26. The minimum Gasteiger partial charge on any atom is -0.481 e. The number of aliphatic carboxylic acids is 1. The summed E-state index contributed by atoms with van der Waals surface area (Å²) in [5.41, 5.74) is 0. The minimum atomic E-state index is -0.681. The van der Waals surface area contributed by atoms with Crippen LogP contribution in [0, 0.1) is 5.92 Å². The Morgan fingerprint density at radius 1 is 1.16 bits per heavy atom. The van der Waals surface area contributed by atoms with Gasteiger partial charge in [0.05, 0.1) is 5.92 Å². The molecule has 2 N–H and O–H groups in total. The van der Waals surface area contributed by atoms with E-state index < -0.39 is 5.97 Å². The molecule has 5 heteroatoms. The molecule has 0 aromatic heterocycles. The van der Waals surface area contributed by atoms with E-state index in [0.717, 1.165) is 45.2 Å². The van der Waals surface area contributed by atoms with Crippen molar-refractivity contribution in [2.24, 2.45) is 5.92 Å². The molecule has 0 aromatic carbocycles. The Balaban J connectivity index is 1.64. The van der Waals surface area contributed by atoms with Gasteiger partial charge in [-0.25, -0.2) is 0 Å². The van der Waals surface area contributed by atoms with Crippen molar-refractivity contribution >= 4 is 11.9 Å². The van der Waals surface area contributed by atoms with Crippen molar-refractivity contribution in [3.8, 4) is 0 Å². The van der Waals surface area contributed by atoms with E-state index in [0.29, 0.717) is 19.4 Å². The van der Waals surface area contributed by atoms with E-state index in [1.54, 1.807) is 0 Å². The summed E-state index contributed by atoms with van der Waals surface area (Å²) in [6.07, 6.45) is 6.28. The number of carbonyl (C=O) groups excluding carboxylic acids is 1. The standard InChI is InChI=1S/C14H24N2O3/c17-13(16-8-1-2-9-16)6-7-15-12-5-3-4-11(10-12)14(18)19/h11-12,15H,1-10H2,(H,18,19). The molecule has 2 unspecified atom stereocenters. The molecule has 2 aliphatic rings. The highest BCUT2D eigenvalue weighted by molar-refractivity contribution is 5.76. The van der Waals surface area contributed by atoms with Gasteiger partial charge in [-0.15, -0.1) is 0 Å². The second-order valence-corrected chi connectivity index (χ2v) is 5.69. The molecular weight excluding hydrogens is 244 g/mol. The highest BCUT2D eigenvalue weighted by atomic mass is 16.4. The zero-order valence-corrected chi connectivity index (χ0v) is 11.4. The second-order valence-electron chi connectivity index (χ2n) is 5.69. The fourth-order valence-corrected chi connectivity index (χ4v) is 3.11. The van der Waals surface area contributed by atoms with Gasteiger partial charge >= 0.3 is 5.97 Å². The first-order valence-electron chi connectivity index (χ1n) is 7.41. The summed E-state index contributed by atoms with van der Waals surface area (Å²) >= 11 is 0. The van der Waals surface area contributed by atoms with Crippen LogP contribution in [0.4, 0.5) is 0 Å². The third-order valence-electron chi connectivity index (χ3n) is 4.25. The molecule has 5 nitrogen and oxygen atoms in total. The molecule has 1 saturated heterocycles. The lowest BCUT2D eigenvalue weighted by atomic mass is 9.86. The quantitative estimate of drug-likeness (QED) is 0.787. The molecule has 0 bridgehead atoms. The van der Waals surface area contributed by atoms with Crippen LogP contribution in [0.25, 0.3) is 0 Å². The lowest BCUT2D eigenvalue weighted by Gasteiger charge is -2.27. The van der Waals surface area contributed by atoms with Crippen molar-refractivity contribution in [3.63, 3.8) is 0 Å². The molecule has 108 valence electrons. The number of rotatable bonds is 5. The number of carboxylic acid groups (broad SMARTS) is 1. The Labute approximate surface area is 114 Å². The summed E-state index contributed by atoms with van der Waals surface area (Å²) in [5.74, 6) is -0.657. The molecular formula is C14H24N2O3. The number of nitrogens with zero attached hydrogens (tertiary/aromatic N) is 1. The van der Waals surface area contributed by atoms with Crippen LogP contribution in [0.1, 0.15) is 44.9 Å². The summed E-state index contributed by atoms with van der Waals surface area (Å²) in [6, 6.07) is 0.265. The maximum Gasteiger partial charge on any atom is 0.306 e. The molecule has 2 rings (SSSR count). The second kappa shape index (κ2) is 6.89. The number of nitrogens with one attached hydrogen (secondary N) is 1. The van der Waals surface area contributed by atoms with Crippen molar-refractivity contribution in [3.05, 3.63) is 0 Å². The summed E-state index contributed by atoms with van der Waals surface area (Å²) < 4.78 is 0. The van der Waals surface area contributed by atoms with E-state index in [4.69, 9.17) is 5.11 Å². The third kappa shape index (κ3) is 4.20. The van der Waals surface area contributed by atoms with Crippen molar-refractivity contribution in [2.75, 3.05) is 19.6 Å². The van der Waals surface area contributed by atoms with Gasteiger partial charge in [-0.05, 0) is 32.1 Å². The Kier molecular flexibility index (Phi) is 5.19. The molecule has 1 amide bonds. The third-order valence-corrected chi connectivity index (χ3v) is 4.25. The number of likely N-dealkylation sites (tertiary alicyclic amines) is 1. The predicted molar refractivity (Wildman–Crippen MR) is 71.8 cm³/mol. The van der Waals surface area contributed by atoms with Gasteiger partial charge in [0.25, 0.3) is 0 Å². The van der Waals surface area contributed by atoms with Gasteiger partial charge in [-0.2, -0.15) is 0 Å². The van der Waals surface area contributed by atoms with Gasteiger partial charge in [-0.3, -0.25) is 9.59 Å². The average Bonchev–Trinajstić information content (AvgIpc) is 2.93. The number of carbonyl (C=O) groups is 2. The van der Waals surface area contributed by atoms with Crippen molar-refractivity contribution in [1.82, 2.24) is 10.2 Å². The van der Waals surface area contributed by atoms with Crippen molar-refractivity contribution in [1.29, 1.82) is 0 Å². The van der Waals surface area contributed by atoms with Crippen LogP contribution in [0.15, 0.2) is 0 Å². The van der Waals surface area contributed by atoms with E-state index in [9.17, 15) is 9.59 Å². The van der Waals surface area contributed by atoms with Crippen LogP contribution in [0.5, 0.6) is 0 Å². The maximum atomic E-state index is 11.9. The fraction of sp³-hybridized carbons (Fsp3) is 0.857. The topological polar surface area (TPSA) is 69.6 Å². The van der Waals surface area contributed by atoms with Crippen LogP contribution in [-0.4, -0.2) is 47.6 Å². The van der Waals surface area contributed by atoms with E-state index in [1.165, 1.54) is 0 Å². The van der Waals surface area contributed by atoms with Gasteiger partial charge in [0.15, 0.2) is 0 Å². The smallest absolute Gasteiger partial charge is 0.306 e. The Bertz CT molecular complexity index is 327. The van der Waals surface area contributed by atoms with Gasteiger partial charge in [-0.1, -0.05) is 6.42 Å². The zero-order chi connectivity index (χ0) is 13.7. The van der Waals surface area contributed by atoms with Gasteiger partial charge in [0.1, 0.15) is 0 Å². The fourth-order valence-electron chi connectivity index (χ4n) is 3.11. The first-order valence-corrected chi connectivity index (χ1v) is 7.41. The Hall–Kier alpha value is -1.10. The molecule has 2 atom stereocenters. The summed E-state index contributed by atoms with van der Waals surface area (Å²) in [4.78, 5) is 24.8. The van der Waals surface area contributed by atoms with Gasteiger partial charge in [0, 0.05) is 32.1 Å². The monoisotopic (exact) mass is 268 g/mol. The van der Waals surface area contributed by atoms with E-state index in [-0.39, 0.29) is 17.9 Å². The van der Waals surface area contributed by atoms with Crippen LogP contribution >= 0.6 is 0 Å². The lowest BCUT2D eigenvalue weighted by Crippen LogP contribution is -2.38. The molecule has 1 aliphatic carbocycles. The number of hydrogen-bond acceptors (Lipinski definition) is 3. The minimum absolute atomic E-state index is 0.208. The molecule has 2 fully saturated rings. The van der Waals surface area contributed by atoms with E-state index >= 15 is 0 Å². The molecule has 0 aromatic rings. The van der Waals surface area contributed by atoms with Crippen LogP contribution in [-0.2, 0) is 9.59 Å². The molecule has 19 heavy (non-hydrogen) atoms. The molecule has 1 aliphatic heterocycles. The zero-order valence-electron chi connectivity index (χ0n) is 11.4. The number of hydrogen-bond donors (Lipinski definition) is 2. The number of amides is 1. The Morgan fingerprint density at radius 2 is 1.89 bits per heavy atom. The summed E-state index contributed by atoms with van der Waals surface area (Å²) in [6.45, 7) is 2.49. The highest BCUT2D eigenvalue weighted by Crippen LogP contribution is 2.24. The molecule has 1 saturated carbocycles. The normalized spacial score (nSPS) is 27.5. The van der Waals surface area contributed by atoms with Crippen LogP contribution < -0.4 is 5.32 Å². The SMILES string of the molecule is O=C(O)C1CCCC(NCCC(=O)N2CCCC2)C1. The predicted octanol–water partition coefficient (Wildman–Crippen LogP) is 1.23. The summed E-state index contributed by atoms with van der Waals surface area (Å²) in [5, 5.41) is 12.4. The van der Waals surface area contributed by atoms with Gasteiger partial charge in [0.2, 0.25) is 5.91 Å². The molecule has 1 heterocycles. The van der Waals surface area contributed by atoms with Crippen molar-refractivity contribution < 1.29 is 14.7 Å². The number of carboxylic acids is 1. The largest absolute Gasteiger partial charge is 0.481 e. The molecule has 0 spiro atoms. The molecule has 0 radical (unpaired) electrons. The van der Waals surface area contributed by atoms with Crippen molar-refractivity contribution in [2.45, 2.75) is 51.0 Å². The van der Waals surface area contributed by atoms with E-state index in [2.05, 4.69) is 5.32 Å².